The second-order valence-corrected chi connectivity index (χ2v) is 4.02. The van der Waals surface area contributed by atoms with Gasteiger partial charge in [0.1, 0.15) is 11.2 Å². The van der Waals surface area contributed by atoms with E-state index in [0.717, 1.165) is 9.86 Å². The first-order valence-corrected chi connectivity index (χ1v) is 5.40. The number of aromatic amines is 1. The van der Waals surface area contributed by atoms with Crippen LogP contribution in [0.1, 0.15) is 10.5 Å². The summed E-state index contributed by atoms with van der Waals surface area (Å²) in [5.74, 6) is 0.290. The molecule has 2 N–H and O–H groups in total. The van der Waals surface area contributed by atoms with E-state index in [4.69, 9.17) is 4.74 Å². The fraction of sp³-hybridized carbons (Fsp3) is 0.200. The largest absolute Gasteiger partial charge is 0.479 e. The molecule has 0 radical (unpaired) electrons. The van der Waals surface area contributed by atoms with Crippen molar-refractivity contribution >= 4 is 32.7 Å². The van der Waals surface area contributed by atoms with E-state index in [1.54, 1.807) is 19.3 Å². The Hall–Kier alpha value is -1.56. The summed E-state index contributed by atoms with van der Waals surface area (Å²) in [6.45, 7) is 0. The van der Waals surface area contributed by atoms with E-state index >= 15 is 0 Å². The van der Waals surface area contributed by atoms with Crippen LogP contribution in [0.5, 0.6) is 5.88 Å². The Morgan fingerprint density at radius 3 is 3.00 bits per heavy atom. The second kappa shape index (κ2) is 4.13. The molecule has 0 bridgehead atoms. The van der Waals surface area contributed by atoms with Crippen molar-refractivity contribution in [2.75, 3.05) is 14.2 Å². The van der Waals surface area contributed by atoms with Gasteiger partial charge >= 0.3 is 0 Å². The summed E-state index contributed by atoms with van der Waals surface area (Å²) < 4.78 is 5.93. The zero-order chi connectivity index (χ0) is 11.7. The molecular formula is C10H10BrN3O2. The van der Waals surface area contributed by atoms with E-state index < -0.39 is 0 Å². The number of nitrogens with one attached hydrogen (secondary N) is 2. The minimum atomic E-state index is -0.176. The summed E-state index contributed by atoms with van der Waals surface area (Å²) in [5, 5.41) is 3.42. The first kappa shape index (κ1) is 10.9. The van der Waals surface area contributed by atoms with E-state index in [0.29, 0.717) is 17.1 Å². The lowest BCUT2D eigenvalue weighted by atomic mass is 10.3. The van der Waals surface area contributed by atoms with Gasteiger partial charge in [-0.1, -0.05) is 0 Å². The zero-order valence-corrected chi connectivity index (χ0v) is 10.4. The number of methoxy groups -OCH3 is 1. The first-order valence-electron chi connectivity index (χ1n) is 4.60. The standard InChI is InChI=1S/C10H10BrN3O2/c1-12-9(15)7-3-5-6(11)4-13-10(16-2)8(5)14-7/h3-4,14H,1-2H3,(H,12,15). The maximum Gasteiger partial charge on any atom is 0.267 e. The maximum absolute atomic E-state index is 11.5. The van der Waals surface area contributed by atoms with Crippen LogP contribution in [0.3, 0.4) is 0 Å². The topological polar surface area (TPSA) is 67.0 Å². The molecule has 16 heavy (non-hydrogen) atoms. The fourth-order valence-electron chi connectivity index (χ4n) is 1.47. The van der Waals surface area contributed by atoms with Crippen molar-refractivity contribution < 1.29 is 9.53 Å². The zero-order valence-electron chi connectivity index (χ0n) is 8.80. The number of halogens is 1. The lowest BCUT2D eigenvalue weighted by molar-refractivity contribution is 0.0959. The molecule has 2 rings (SSSR count). The Balaban J connectivity index is 2.68. The Labute approximate surface area is 100 Å². The van der Waals surface area contributed by atoms with Crippen LogP contribution in [0.25, 0.3) is 10.9 Å². The van der Waals surface area contributed by atoms with Gasteiger partial charge in [0.15, 0.2) is 0 Å². The van der Waals surface area contributed by atoms with Crippen LogP contribution >= 0.6 is 15.9 Å². The van der Waals surface area contributed by atoms with Crippen LogP contribution in [0.4, 0.5) is 0 Å². The molecule has 2 heterocycles. The van der Waals surface area contributed by atoms with Gasteiger partial charge in [0.2, 0.25) is 5.88 Å². The molecule has 0 aliphatic carbocycles. The first-order chi connectivity index (χ1) is 7.67. The number of amides is 1. The Morgan fingerprint density at radius 1 is 1.62 bits per heavy atom. The number of H-pyrrole nitrogens is 1. The van der Waals surface area contributed by atoms with Crippen molar-refractivity contribution in [3.8, 4) is 5.88 Å². The molecule has 5 nitrogen and oxygen atoms in total. The summed E-state index contributed by atoms with van der Waals surface area (Å²) in [5.41, 5.74) is 1.18. The number of ether oxygens (including phenoxy) is 1. The lowest BCUT2D eigenvalue weighted by Crippen LogP contribution is -2.17. The third-order valence-corrected chi connectivity index (χ3v) is 2.88. The van der Waals surface area contributed by atoms with Crippen LogP contribution in [0.15, 0.2) is 16.7 Å². The molecular weight excluding hydrogens is 274 g/mol. The van der Waals surface area contributed by atoms with E-state index in [1.165, 1.54) is 7.11 Å². The SMILES string of the molecule is CNC(=O)c1cc2c(Br)cnc(OC)c2[nH]1. The van der Waals surface area contributed by atoms with Gasteiger partial charge in [-0.05, 0) is 22.0 Å². The number of fused-ring (bicyclic) bond motifs is 1. The van der Waals surface area contributed by atoms with Crippen molar-refractivity contribution in [3.63, 3.8) is 0 Å². The number of aromatic nitrogens is 2. The monoisotopic (exact) mass is 283 g/mol. The summed E-state index contributed by atoms with van der Waals surface area (Å²) in [6, 6.07) is 1.75. The van der Waals surface area contributed by atoms with E-state index in [-0.39, 0.29) is 5.91 Å². The summed E-state index contributed by atoms with van der Waals surface area (Å²) >= 11 is 3.37. The molecule has 0 aliphatic rings. The molecule has 0 atom stereocenters. The number of hydrogen-bond donors (Lipinski definition) is 2. The highest BCUT2D eigenvalue weighted by atomic mass is 79.9. The molecule has 0 saturated carbocycles. The second-order valence-electron chi connectivity index (χ2n) is 3.17. The van der Waals surface area contributed by atoms with Crippen LogP contribution in [-0.4, -0.2) is 30.0 Å². The summed E-state index contributed by atoms with van der Waals surface area (Å²) in [7, 11) is 3.12. The Morgan fingerprint density at radius 2 is 2.38 bits per heavy atom. The Kier molecular flexibility index (Phi) is 2.82. The van der Waals surface area contributed by atoms with Crippen molar-refractivity contribution in [2.45, 2.75) is 0 Å². The molecule has 1 amide bonds. The van der Waals surface area contributed by atoms with E-state index in [1.807, 2.05) is 0 Å². The number of rotatable bonds is 2. The minimum absolute atomic E-state index is 0.176. The highest BCUT2D eigenvalue weighted by Gasteiger charge is 2.13. The van der Waals surface area contributed by atoms with Crippen LogP contribution in [0.2, 0.25) is 0 Å². The maximum atomic E-state index is 11.5. The predicted molar refractivity (Wildman–Crippen MR) is 63.7 cm³/mol. The summed E-state index contributed by atoms with van der Waals surface area (Å²) in [4.78, 5) is 18.5. The van der Waals surface area contributed by atoms with Crippen LogP contribution < -0.4 is 10.1 Å². The number of pyridine rings is 1. The third-order valence-electron chi connectivity index (χ3n) is 2.25. The average molecular weight is 284 g/mol. The normalized spacial score (nSPS) is 10.4. The third kappa shape index (κ3) is 1.65. The Bertz CT molecular complexity index is 550. The predicted octanol–water partition coefficient (Wildman–Crippen LogP) is 1.69. The molecule has 6 heteroatoms. The fourth-order valence-corrected chi connectivity index (χ4v) is 1.89. The number of carbonyl (C=O) groups excluding carboxylic acids is 1. The van der Waals surface area contributed by atoms with Gasteiger partial charge in [-0.2, -0.15) is 0 Å². The summed E-state index contributed by atoms with van der Waals surface area (Å²) in [6.07, 6.45) is 1.64. The number of carbonyl (C=O) groups is 1. The van der Waals surface area contributed by atoms with E-state index in [2.05, 4.69) is 31.2 Å². The van der Waals surface area contributed by atoms with Crippen LogP contribution in [-0.2, 0) is 0 Å². The van der Waals surface area contributed by atoms with Crippen LogP contribution in [0, 0.1) is 0 Å². The number of hydrogen-bond acceptors (Lipinski definition) is 3. The van der Waals surface area contributed by atoms with Crippen molar-refractivity contribution in [1.82, 2.24) is 15.3 Å². The lowest BCUT2D eigenvalue weighted by Gasteiger charge is -2.00. The van der Waals surface area contributed by atoms with Gasteiger partial charge in [-0.15, -0.1) is 0 Å². The van der Waals surface area contributed by atoms with Gasteiger partial charge in [0.25, 0.3) is 5.91 Å². The molecule has 2 aromatic rings. The van der Waals surface area contributed by atoms with Gasteiger partial charge in [-0.25, -0.2) is 4.98 Å². The smallest absolute Gasteiger partial charge is 0.267 e. The highest BCUT2D eigenvalue weighted by molar-refractivity contribution is 9.10. The molecule has 0 unspecified atom stereocenters. The van der Waals surface area contributed by atoms with Crippen molar-refractivity contribution in [3.05, 3.63) is 22.4 Å². The quantitative estimate of drug-likeness (QED) is 0.882. The van der Waals surface area contributed by atoms with Crippen molar-refractivity contribution in [2.24, 2.45) is 0 Å². The highest BCUT2D eigenvalue weighted by Crippen LogP contribution is 2.29. The van der Waals surface area contributed by atoms with E-state index in [9.17, 15) is 4.79 Å². The molecule has 2 aromatic heterocycles. The number of nitrogens with zero attached hydrogens (tertiary/aromatic N) is 1. The molecule has 0 saturated heterocycles. The molecule has 0 aliphatic heterocycles. The minimum Gasteiger partial charge on any atom is -0.479 e. The average Bonchev–Trinajstić information content (AvgIpc) is 2.74. The van der Waals surface area contributed by atoms with Gasteiger partial charge < -0.3 is 15.0 Å². The van der Waals surface area contributed by atoms with Gasteiger partial charge in [0.05, 0.1) is 7.11 Å². The molecule has 0 aromatic carbocycles. The molecule has 0 fully saturated rings. The van der Waals surface area contributed by atoms with Gasteiger partial charge in [-0.3, -0.25) is 4.79 Å². The molecule has 84 valence electrons. The van der Waals surface area contributed by atoms with Crippen molar-refractivity contribution in [1.29, 1.82) is 0 Å². The van der Waals surface area contributed by atoms with Gasteiger partial charge in [0, 0.05) is 23.1 Å². The molecule has 0 spiro atoms.